The fourth-order valence-corrected chi connectivity index (χ4v) is 2.53. The van der Waals surface area contributed by atoms with E-state index in [-0.39, 0.29) is 11.5 Å². The highest BCUT2D eigenvalue weighted by Crippen LogP contribution is 2.19. The van der Waals surface area contributed by atoms with Crippen LogP contribution < -0.4 is 5.56 Å². The average molecular weight is 300 g/mol. The Kier molecular flexibility index (Phi) is 3.93. The van der Waals surface area contributed by atoms with E-state index in [0.29, 0.717) is 11.6 Å². The second kappa shape index (κ2) is 5.44. The van der Waals surface area contributed by atoms with Crippen LogP contribution in [0.15, 0.2) is 16.9 Å². The minimum atomic E-state index is -0.293. The fraction of sp³-hybridized carbons (Fsp3) is 0.545. The molecule has 1 unspecified atom stereocenters. The molecule has 2 heterocycles. The van der Waals surface area contributed by atoms with Gasteiger partial charge in [-0.25, -0.2) is 5.10 Å². The smallest absolute Gasteiger partial charge is 0.274 e. The highest BCUT2D eigenvalue weighted by atomic mass is 79.9. The summed E-state index contributed by atoms with van der Waals surface area (Å²) in [7, 11) is 0. The van der Waals surface area contributed by atoms with Crippen molar-refractivity contribution in [2.24, 2.45) is 5.92 Å². The number of hydrogen-bond acceptors (Lipinski definition) is 3. The number of carbonyl (C=O) groups is 1. The topological polar surface area (TPSA) is 66.1 Å². The van der Waals surface area contributed by atoms with Crippen LogP contribution in [0.5, 0.6) is 0 Å². The summed E-state index contributed by atoms with van der Waals surface area (Å²) in [6.07, 6.45) is 2.17. The van der Waals surface area contributed by atoms with Gasteiger partial charge in [-0.1, -0.05) is 15.9 Å². The number of nitrogens with zero attached hydrogens (tertiary/aromatic N) is 2. The van der Waals surface area contributed by atoms with Gasteiger partial charge in [-0.05, 0) is 24.8 Å². The van der Waals surface area contributed by atoms with E-state index >= 15 is 0 Å². The van der Waals surface area contributed by atoms with Crippen molar-refractivity contribution >= 4 is 21.8 Å². The number of hydrogen-bond donors (Lipinski definition) is 1. The van der Waals surface area contributed by atoms with Crippen LogP contribution in [0.3, 0.4) is 0 Å². The van der Waals surface area contributed by atoms with Crippen molar-refractivity contribution in [3.63, 3.8) is 0 Å². The number of nitrogens with one attached hydrogen (secondary N) is 1. The molecule has 1 aliphatic rings. The summed E-state index contributed by atoms with van der Waals surface area (Å²) in [5.74, 6) is 0.405. The first-order valence-corrected chi connectivity index (χ1v) is 6.74. The molecule has 0 aliphatic carbocycles. The minimum absolute atomic E-state index is 0.105. The Labute approximate surface area is 107 Å². The van der Waals surface area contributed by atoms with Crippen LogP contribution in [0, 0.1) is 5.92 Å². The predicted octanol–water partition coefficient (Wildman–Crippen LogP) is 1.02. The molecule has 17 heavy (non-hydrogen) atoms. The Bertz CT molecular complexity index is 440. The van der Waals surface area contributed by atoms with Gasteiger partial charge in [0, 0.05) is 24.5 Å². The molecule has 1 aliphatic heterocycles. The third-order valence-electron chi connectivity index (χ3n) is 2.92. The Morgan fingerprint density at radius 1 is 1.59 bits per heavy atom. The maximum absolute atomic E-state index is 12.1. The van der Waals surface area contributed by atoms with Crippen LogP contribution in [0.25, 0.3) is 0 Å². The number of aromatic nitrogens is 2. The quantitative estimate of drug-likeness (QED) is 0.829. The third-order valence-corrected chi connectivity index (χ3v) is 3.84. The lowest BCUT2D eigenvalue weighted by atomic mass is 10.00. The van der Waals surface area contributed by atoms with E-state index < -0.39 is 0 Å². The number of amides is 1. The molecule has 92 valence electrons. The molecule has 1 aromatic rings. The summed E-state index contributed by atoms with van der Waals surface area (Å²) in [5, 5.41) is 6.96. The molecule has 1 saturated heterocycles. The molecule has 0 saturated carbocycles. The summed E-state index contributed by atoms with van der Waals surface area (Å²) in [6.45, 7) is 1.52. The lowest BCUT2D eigenvalue weighted by Crippen LogP contribution is -2.41. The fourth-order valence-electron chi connectivity index (χ4n) is 2.00. The first-order valence-electron chi connectivity index (χ1n) is 5.61. The maximum Gasteiger partial charge on any atom is 0.274 e. The Morgan fingerprint density at radius 3 is 3.06 bits per heavy atom. The molecule has 2 rings (SSSR count). The van der Waals surface area contributed by atoms with Crippen LogP contribution >= 0.6 is 15.9 Å². The largest absolute Gasteiger partial charge is 0.337 e. The highest BCUT2D eigenvalue weighted by molar-refractivity contribution is 9.09. The molecule has 6 heteroatoms. The first-order chi connectivity index (χ1) is 8.20. The monoisotopic (exact) mass is 299 g/mol. The van der Waals surface area contributed by atoms with E-state index in [9.17, 15) is 9.59 Å². The average Bonchev–Trinajstić information content (AvgIpc) is 2.39. The lowest BCUT2D eigenvalue weighted by molar-refractivity contribution is 0.0678. The second-order valence-corrected chi connectivity index (χ2v) is 4.87. The molecular formula is C11H14BrN3O2. The van der Waals surface area contributed by atoms with Crippen molar-refractivity contribution in [2.75, 3.05) is 18.4 Å². The molecular weight excluding hydrogens is 286 g/mol. The summed E-state index contributed by atoms with van der Waals surface area (Å²) in [4.78, 5) is 24.8. The Morgan fingerprint density at radius 2 is 2.41 bits per heavy atom. The minimum Gasteiger partial charge on any atom is -0.337 e. The van der Waals surface area contributed by atoms with Crippen molar-refractivity contribution in [1.82, 2.24) is 15.1 Å². The normalized spacial score (nSPS) is 20.3. The maximum atomic E-state index is 12.1. The molecule has 0 bridgehead atoms. The van der Waals surface area contributed by atoms with Crippen LogP contribution in [0.4, 0.5) is 0 Å². The standard InChI is InChI=1S/C11H14BrN3O2/c12-6-8-2-1-5-15(7-8)11(17)9-3-4-10(16)14-13-9/h3-4,8H,1-2,5-7H2,(H,14,16). The van der Waals surface area contributed by atoms with Gasteiger partial charge < -0.3 is 4.90 Å². The van der Waals surface area contributed by atoms with E-state index in [1.165, 1.54) is 12.1 Å². The molecule has 1 atom stereocenters. The first kappa shape index (κ1) is 12.3. The number of piperidine rings is 1. The van der Waals surface area contributed by atoms with Gasteiger partial charge in [0.15, 0.2) is 0 Å². The van der Waals surface area contributed by atoms with Gasteiger partial charge in [-0.3, -0.25) is 9.59 Å². The summed E-state index contributed by atoms with van der Waals surface area (Å²) in [5.41, 5.74) is 0.0124. The predicted molar refractivity (Wildman–Crippen MR) is 67.3 cm³/mol. The van der Waals surface area contributed by atoms with E-state index in [0.717, 1.165) is 31.3 Å². The zero-order chi connectivity index (χ0) is 12.3. The van der Waals surface area contributed by atoms with Crippen LogP contribution in [-0.4, -0.2) is 39.4 Å². The molecule has 1 fully saturated rings. The Balaban J connectivity index is 2.09. The summed E-state index contributed by atoms with van der Waals surface area (Å²) in [6, 6.07) is 2.80. The number of halogens is 1. The van der Waals surface area contributed by atoms with Crippen molar-refractivity contribution in [3.05, 3.63) is 28.2 Å². The van der Waals surface area contributed by atoms with Crippen LogP contribution in [-0.2, 0) is 0 Å². The van der Waals surface area contributed by atoms with E-state index in [1.54, 1.807) is 4.90 Å². The molecule has 1 amide bonds. The summed E-state index contributed by atoms with van der Waals surface area (Å²) < 4.78 is 0. The van der Waals surface area contributed by atoms with Crippen LogP contribution in [0.1, 0.15) is 23.3 Å². The SMILES string of the molecule is O=C(c1ccc(=O)[nH]n1)N1CCCC(CBr)C1. The van der Waals surface area contributed by atoms with Gasteiger partial charge in [0.25, 0.3) is 11.5 Å². The van der Waals surface area contributed by atoms with Gasteiger partial charge in [-0.2, -0.15) is 5.10 Å². The van der Waals surface area contributed by atoms with Gasteiger partial charge in [0.05, 0.1) is 0 Å². The Hall–Kier alpha value is -1.17. The van der Waals surface area contributed by atoms with Crippen molar-refractivity contribution < 1.29 is 4.79 Å². The number of alkyl halides is 1. The highest BCUT2D eigenvalue weighted by Gasteiger charge is 2.24. The molecule has 0 radical (unpaired) electrons. The molecule has 5 nitrogen and oxygen atoms in total. The number of aromatic amines is 1. The van der Waals surface area contributed by atoms with Crippen molar-refractivity contribution in [2.45, 2.75) is 12.8 Å². The molecule has 1 aromatic heterocycles. The van der Waals surface area contributed by atoms with Gasteiger partial charge in [-0.15, -0.1) is 0 Å². The van der Waals surface area contributed by atoms with E-state index in [2.05, 4.69) is 26.1 Å². The van der Waals surface area contributed by atoms with Gasteiger partial charge >= 0.3 is 0 Å². The van der Waals surface area contributed by atoms with E-state index in [1.807, 2.05) is 0 Å². The second-order valence-electron chi connectivity index (χ2n) is 4.22. The zero-order valence-corrected chi connectivity index (χ0v) is 10.9. The molecule has 0 spiro atoms. The number of H-pyrrole nitrogens is 1. The molecule has 0 aromatic carbocycles. The van der Waals surface area contributed by atoms with Crippen molar-refractivity contribution in [1.29, 1.82) is 0 Å². The van der Waals surface area contributed by atoms with E-state index in [4.69, 9.17) is 0 Å². The lowest BCUT2D eigenvalue weighted by Gasteiger charge is -2.31. The summed E-state index contributed by atoms with van der Waals surface area (Å²) >= 11 is 3.45. The third kappa shape index (κ3) is 2.94. The van der Waals surface area contributed by atoms with Gasteiger partial charge in [0.2, 0.25) is 0 Å². The zero-order valence-electron chi connectivity index (χ0n) is 9.36. The number of carbonyl (C=O) groups excluding carboxylic acids is 1. The van der Waals surface area contributed by atoms with Crippen LogP contribution in [0.2, 0.25) is 0 Å². The molecule has 1 N–H and O–H groups in total. The van der Waals surface area contributed by atoms with Gasteiger partial charge in [0.1, 0.15) is 5.69 Å². The van der Waals surface area contributed by atoms with Crippen molar-refractivity contribution in [3.8, 4) is 0 Å². The number of rotatable bonds is 2. The number of likely N-dealkylation sites (tertiary alicyclic amines) is 1.